The van der Waals surface area contributed by atoms with Crippen molar-refractivity contribution in [3.63, 3.8) is 0 Å². The summed E-state index contributed by atoms with van der Waals surface area (Å²) in [6.45, 7) is 7.07. The topological polar surface area (TPSA) is 111 Å². The number of anilines is 1. The monoisotopic (exact) mass is 500 g/mol. The Bertz CT molecular complexity index is 1190. The molecule has 1 aromatic heterocycles. The number of halogens is 1. The maximum Gasteiger partial charge on any atom is 0.251 e. The number of benzene rings is 2. The van der Waals surface area contributed by atoms with Crippen LogP contribution in [0.25, 0.3) is 11.4 Å². The minimum absolute atomic E-state index is 0.226. The van der Waals surface area contributed by atoms with Gasteiger partial charge in [0.1, 0.15) is 12.6 Å². The van der Waals surface area contributed by atoms with Gasteiger partial charge in [-0.3, -0.25) is 14.5 Å². The number of hydrogen-bond acceptors (Lipinski definition) is 7. The quantitative estimate of drug-likeness (QED) is 0.504. The highest BCUT2D eigenvalue weighted by Crippen LogP contribution is 2.30. The zero-order valence-electron chi connectivity index (χ0n) is 20.6. The van der Waals surface area contributed by atoms with Crippen LogP contribution in [0, 0.1) is 0 Å². The summed E-state index contributed by atoms with van der Waals surface area (Å²) in [5, 5.41) is 15.8. The number of hydrogen-bond donors (Lipinski definition) is 1. The number of nitrogens with zero attached hydrogens (tertiary/aromatic N) is 5. The first-order valence-electron chi connectivity index (χ1n) is 10.9. The third-order valence-corrected chi connectivity index (χ3v) is 5.26. The largest absolute Gasteiger partial charge is 0.493 e. The number of tetrazole rings is 1. The van der Waals surface area contributed by atoms with Crippen molar-refractivity contribution < 1.29 is 19.1 Å². The van der Waals surface area contributed by atoms with Gasteiger partial charge in [0.15, 0.2) is 11.5 Å². The van der Waals surface area contributed by atoms with Crippen molar-refractivity contribution in [1.29, 1.82) is 0 Å². The second-order valence-corrected chi connectivity index (χ2v) is 9.31. The lowest BCUT2D eigenvalue weighted by atomic mass is 10.1. The fourth-order valence-corrected chi connectivity index (χ4v) is 3.50. The Labute approximate surface area is 209 Å². The normalized spacial score (nSPS) is 12.1. The molecule has 0 fully saturated rings. The number of rotatable bonds is 8. The molecule has 10 nitrogen and oxygen atoms in total. The van der Waals surface area contributed by atoms with Crippen LogP contribution < -0.4 is 19.7 Å². The van der Waals surface area contributed by atoms with Crippen LogP contribution in [-0.2, 0) is 16.1 Å². The lowest BCUT2D eigenvalue weighted by Crippen LogP contribution is -2.53. The summed E-state index contributed by atoms with van der Waals surface area (Å²) < 4.78 is 10.6. The predicted octanol–water partition coefficient (Wildman–Crippen LogP) is 3.35. The Kier molecular flexibility index (Phi) is 7.96. The van der Waals surface area contributed by atoms with Gasteiger partial charge in [-0.15, -0.1) is 10.2 Å². The molecular formula is C24H29ClN6O4. The Morgan fingerprint density at radius 2 is 1.74 bits per heavy atom. The maximum atomic E-state index is 13.4. The van der Waals surface area contributed by atoms with Crippen molar-refractivity contribution >= 4 is 29.1 Å². The van der Waals surface area contributed by atoms with E-state index in [1.807, 2.05) is 20.8 Å². The van der Waals surface area contributed by atoms with Gasteiger partial charge < -0.3 is 14.8 Å². The van der Waals surface area contributed by atoms with E-state index >= 15 is 0 Å². The lowest BCUT2D eigenvalue weighted by molar-refractivity contribution is -0.127. The molecule has 1 N–H and O–H groups in total. The molecule has 1 atom stereocenters. The van der Waals surface area contributed by atoms with Gasteiger partial charge in [-0.1, -0.05) is 11.6 Å². The summed E-state index contributed by atoms with van der Waals surface area (Å²) in [7, 11) is 3.08. The van der Waals surface area contributed by atoms with E-state index < -0.39 is 11.6 Å². The molecule has 11 heteroatoms. The van der Waals surface area contributed by atoms with E-state index in [0.29, 0.717) is 33.6 Å². The van der Waals surface area contributed by atoms with Crippen LogP contribution in [0.15, 0.2) is 42.5 Å². The van der Waals surface area contributed by atoms with Crippen molar-refractivity contribution in [3.8, 4) is 22.9 Å². The third kappa shape index (κ3) is 6.48. The zero-order valence-corrected chi connectivity index (χ0v) is 21.3. The van der Waals surface area contributed by atoms with E-state index in [9.17, 15) is 9.59 Å². The summed E-state index contributed by atoms with van der Waals surface area (Å²) in [6.07, 6.45) is 0. The third-order valence-electron chi connectivity index (χ3n) is 5.01. The molecule has 0 saturated heterocycles. The van der Waals surface area contributed by atoms with E-state index in [2.05, 4.69) is 20.7 Å². The van der Waals surface area contributed by atoms with Gasteiger partial charge in [-0.2, -0.15) is 4.80 Å². The van der Waals surface area contributed by atoms with E-state index in [1.165, 1.54) is 16.8 Å². The molecule has 3 rings (SSSR count). The van der Waals surface area contributed by atoms with Gasteiger partial charge in [0, 0.05) is 21.8 Å². The number of aromatic nitrogens is 4. The smallest absolute Gasteiger partial charge is 0.251 e. The van der Waals surface area contributed by atoms with Gasteiger partial charge in [-0.25, -0.2) is 0 Å². The molecule has 0 aliphatic carbocycles. The minimum atomic E-state index is -0.795. The maximum absolute atomic E-state index is 13.4. The number of nitrogens with one attached hydrogen (secondary N) is 1. The summed E-state index contributed by atoms with van der Waals surface area (Å²) in [5.41, 5.74) is 0.715. The second-order valence-electron chi connectivity index (χ2n) is 8.87. The standard InChI is InChI=1S/C24H29ClN6O4/c1-15(23(33)26-24(2,3)4)31(18-10-8-17(25)9-11-18)21(32)14-30-28-22(27-29-30)16-7-12-19(34-5)20(13-16)35-6/h7-13,15H,14H2,1-6H3,(H,26,33)/t15-/m0/s1. The molecule has 0 radical (unpaired) electrons. The average Bonchev–Trinajstić information content (AvgIpc) is 3.27. The highest BCUT2D eigenvalue weighted by atomic mass is 35.5. The van der Waals surface area contributed by atoms with E-state index in [4.69, 9.17) is 21.1 Å². The van der Waals surface area contributed by atoms with Crippen LogP contribution in [0.1, 0.15) is 27.7 Å². The minimum Gasteiger partial charge on any atom is -0.493 e. The molecule has 0 bridgehead atoms. The Morgan fingerprint density at radius 1 is 1.09 bits per heavy atom. The van der Waals surface area contributed by atoms with Gasteiger partial charge in [-0.05, 0) is 75.4 Å². The Balaban J connectivity index is 1.86. The van der Waals surface area contributed by atoms with Crippen LogP contribution >= 0.6 is 11.6 Å². The molecule has 0 spiro atoms. The Hall–Kier alpha value is -3.66. The van der Waals surface area contributed by atoms with Gasteiger partial charge in [0.05, 0.1) is 14.2 Å². The first-order chi connectivity index (χ1) is 16.5. The average molecular weight is 501 g/mol. The summed E-state index contributed by atoms with van der Waals surface area (Å²) in [5.74, 6) is 0.721. The van der Waals surface area contributed by atoms with Crippen LogP contribution in [0.3, 0.4) is 0 Å². The van der Waals surface area contributed by atoms with Crippen molar-refractivity contribution in [2.24, 2.45) is 0 Å². The zero-order chi connectivity index (χ0) is 25.8. The molecule has 0 aliphatic rings. The number of carbonyl (C=O) groups excluding carboxylic acids is 2. The van der Waals surface area contributed by atoms with E-state index in [-0.39, 0.29) is 18.4 Å². The molecule has 0 unspecified atom stereocenters. The van der Waals surface area contributed by atoms with Crippen LogP contribution in [0.4, 0.5) is 5.69 Å². The van der Waals surface area contributed by atoms with E-state index in [0.717, 1.165) is 0 Å². The summed E-state index contributed by atoms with van der Waals surface area (Å²) in [6, 6.07) is 11.1. The Morgan fingerprint density at radius 3 is 2.34 bits per heavy atom. The number of carbonyl (C=O) groups is 2. The first kappa shape index (κ1) is 26.0. The second kappa shape index (κ2) is 10.7. The SMILES string of the molecule is COc1ccc(-c2nnn(CC(=O)N(c3ccc(Cl)cc3)[C@@H](C)C(=O)NC(C)(C)C)n2)cc1OC. The molecule has 1 heterocycles. The number of methoxy groups -OCH3 is 2. The van der Waals surface area contributed by atoms with Crippen LogP contribution in [-0.4, -0.2) is 57.8 Å². The summed E-state index contributed by atoms with van der Waals surface area (Å²) >= 11 is 6.02. The van der Waals surface area contributed by atoms with Crippen LogP contribution in [0.2, 0.25) is 5.02 Å². The first-order valence-corrected chi connectivity index (χ1v) is 11.3. The predicted molar refractivity (Wildman–Crippen MR) is 133 cm³/mol. The fourth-order valence-electron chi connectivity index (χ4n) is 3.37. The molecular weight excluding hydrogens is 472 g/mol. The molecule has 186 valence electrons. The molecule has 2 aromatic carbocycles. The van der Waals surface area contributed by atoms with Crippen LogP contribution in [0.5, 0.6) is 11.5 Å². The molecule has 0 saturated carbocycles. The lowest BCUT2D eigenvalue weighted by Gasteiger charge is -2.31. The molecule has 35 heavy (non-hydrogen) atoms. The fraction of sp³-hybridized carbons (Fsp3) is 0.375. The molecule has 3 aromatic rings. The van der Waals surface area contributed by atoms with Gasteiger partial charge in [0.2, 0.25) is 11.7 Å². The highest BCUT2D eigenvalue weighted by molar-refractivity contribution is 6.30. The van der Waals surface area contributed by atoms with Crippen molar-refractivity contribution in [1.82, 2.24) is 25.5 Å². The van der Waals surface area contributed by atoms with E-state index in [1.54, 1.807) is 56.5 Å². The van der Waals surface area contributed by atoms with Crippen molar-refractivity contribution in [3.05, 3.63) is 47.5 Å². The number of amides is 2. The van der Waals surface area contributed by atoms with Crippen molar-refractivity contribution in [2.45, 2.75) is 45.8 Å². The molecule has 0 aliphatic heterocycles. The van der Waals surface area contributed by atoms with Crippen molar-refractivity contribution in [2.75, 3.05) is 19.1 Å². The molecule has 2 amide bonds. The highest BCUT2D eigenvalue weighted by Gasteiger charge is 2.30. The van der Waals surface area contributed by atoms with Gasteiger partial charge >= 0.3 is 0 Å². The van der Waals surface area contributed by atoms with Gasteiger partial charge in [0.25, 0.3) is 5.91 Å². The summed E-state index contributed by atoms with van der Waals surface area (Å²) in [4.78, 5) is 28.9. The number of ether oxygens (including phenoxy) is 2.